The summed E-state index contributed by atoms with van der Waals surface area (Å²) in [4.78, 5) is 23.8. The van der Waals surface area contributed by atoms with Gasteiger partial charge in [0.15, 0.2) is 0 Å². The van der Waals surface area contributed by atoms with Gasteiger partial charge in [0.1, 0.15) is 5.82 Å². The van der Waals surface area contributed by atoms with E-state index in [4.69, 9.17) is 23.2 Å². The lowest BCUT2D eigenvalue weighted by Crippen LogP contribution is -2.23. The minimum absolute atomic E-state index is 0.00796. The van der Waals surface area contributed by atoms with Crippen LogP contribution in [0, 0.1) is 5.82 Å². The van der Waals surface area contributed by atoms with Crippen LogP contribution in [-0.2, 0) is 11.3 Å². The molecule has 0 aliphatic carbocycles. The van der Waals surface area contributed by atoms with Gasteiger partial charge in [-0.05, 0) is 29.8 Å². The molecule has 0 unspecified atom stereocenters. The average molecular weight is 356 g/mol. The molecule has 0 aliphatic heterocycles. The van der Waals surface area contributed by atoms with Gasteiger partial charge in [0.05, 0.1) is 22.7 Å². The first-order valence-electron chi connectivity index (χ1n) is 6.52. The fraction of sp³-hybridized carbons (Fsp3) is 0.125. The zero-order valence-corrected chi connectivity index (χ0v) is 13.5. The predicted molar refractivity (Wildman–Crippen MR) is 85.4 cm³/mol. The van der Waals surface area contributed by atoms with Crippen LogP contribution in [0.5, 0.6) is 0 Å². The Morgan fingerprint density at radius 3 is 2.43 bits per heavy atom. The lowest BCUT2D eigenvalue weighted by molar-refractivity contribution is 0.0601. The summed E-state index contributed by atoms with van der Waals surface area (Å²) in [5.41, 5.74) is 0.906. The Balaban J connectivity index is 2.17. The molecule has 1 N–H and O–H groups in total. The monoisotopic (exact) mass is 355 g/mol. The number of hydrogen-bond donors (Lipinski definition) is 1. The normalized spacial score (nSPS) is 10.3. The smallest absolute Gasteiger partial charge is 0.339 e. The highest BCUT2D eigenvalue weighted by atomic mass is 35.5. The second-order valence-corrected chi connectivity index (χ2v) is 5.41. The molecule has 0 aromatic heterocycles. The molecule has 0 heterocycles. The second-order valence-electron chi connectivity index (χ2n) is 4.62. The topological polar surface area (TPSA) is 55.4 Å². The van der Waals surface area contributed by atoms with E-state index in [-0.39, 0.29) is 33.5 Å². The molecule has 0 fully saturated rings. The summed E-state index contributed by atoms with van der Waals surface area (Å²) in [5.74, 6) is -1.49. The summed E-state index contributed by atoms with van der Waals surface area (Å²) in [5, 5.41) is 2.74. The number of carbonyl (C=O) groups is 2. The number of esters is 1. The lowest BCUT2D eigenvalue weighted by Gasteiger charge is -2.09. The molecule has 2 aromatic carbocycles. The van der Waals surface area contributed by atoms with Crippen molar-refractivity contribution in [2.75, 3.05) is 7.11 Å². The van der Waals surface area contributed by atoms with Gasteiger partial charge in [0, 0.05) is 12.1 Å². The Morgan fingerprint density at radius 2 is 1.83 bits per heavy atom. The van der Waals surface area contributed by atoms with Crippen LogP contribution in [0.3, 0.4) is 0 Å². The van der Waals surface area contributed by atoms with E-state index in [2.05, 4.69) is 10.1 Å². The van der Waals surface area contributed by atoms with Gasteiger partial charge in [-0.1, -0.05) is 35.3 Å². The molecule has 2 rings (SSSR count). The van der Waals surface area contributed by atoms with Gasteiger partial charge in [-0.25, -0.2) is 9.18 Å². The number of hydrogen-bond acceptors (Lipinski definition) is 3. The summed E-state index contributed by atoms with van der Waals surface area (Å²) < 4.78 is 17.4. The molecule has 0 atom stereocenters. The van der Waals surface area contributed by atoms with Crippen molar-refractivity contribution in [3.05, 3.63) is 69.0 Å². The van der Waals surface area contributed by atoms with Gasteiger partial charge < -0.3 is 10.1 Å². The van der Waals surface area contributed by atoms with Crippen LogP contribution in [0.2, 0.25) is 10.0 Å². The van der Waals surface area contributed by atoms with Crippen molar-refractivity contribution in [1.82, 2.24) is 5.32 Å². The lowest BCUT2D eigenvalue weighted by atomic mass is 10.1. The highest BCUT2D eigenvalue weighted by Crippen LogP contribution is 2.28. The molecule has 7 heteroatoms. The van der Waals surface area contributed by atoms with Crippen LogP contribution < -0.4 is 5.32 Å². The van der Waals surface area contributed by atoms with Gasteiger partial charge in [0.2, 0.25) is 0 Å². The maximum absolute atomic E-state index is 12.8. The Kier molecular flexibility index (Phi) is 5.58. The number of methoxy groups -OCH3 is 1. The Bertz CT molecular complexity index is 748. The van der Waals surface area contributed by atoms with Gasteiger partial charge >= 0.3 is 5.97 Å². The van der Waals surface area contributed by atoms with Crippen LogP contribution in [0.25, 0.3) is 0 Å². The number of rotatable bonds is 4. The molecule has 0 radical (unpaired) electrons. The van der Waals surface area contributed by atoms with Crippen LogP contribution in [0.15, 0.2) is 36.4 Å². The molecule has 0 spiro atoms. The van der Waals surface area contributed by atoms with E-state index >= 15 is 0 Å². The van der Waals surface area contributed by atoms with Crippen molar-refractivity contribution in [3.8, 4) is 0 Å². The van der Waals surface area contributed by atoms with Crippen molar-refractivity contribution >= 4 is 35.1 Å². The van der Waals surface area contributed by atoms with Gasteiger partial charge in [-0.2, -0.15) is 0 Å². The number of carbonyl (C=O) groups excluding carboxylic acids is 2. The number of nitrogens with one attached hydrogen (secondary N) is 1. The van der Waals surface area contributed by atoms with Crippen LogP contribution in [-0.4, -0.2) is 19.0 Å². The van der Waals surface area contributed by atoms with E-state index in [1.165, 1.54) is 31.4 Å². The zero-order valence-electron chi connectivity index (χ0n) is 12.0. The number of halogens is 3. The number of benzene rings is 2. The minimum Gasteiger partial charge on any atom is -0.465 e. The first-order chi connectivity index (χ1) is 10.9. The van der Waals surface area contributed by atoms with E-state index < -0.39 is 11.9 Å². The SMILES string of the molecule is COC(=O)c1cc(C(=O)NCc2ccc(F)cc2)cc(Cl)c1Cl. The van der Waals surface area contributed by atoms with Crippen molar-refractivity contribution < 1.29 is 18.7 Å². The standard InChI is InChI=1S/C16H12Cl2FNO3/c1-23-16(22)12-6-10(7-13(17)14(12)18)15(21)20-8-9-2-4-11(19)5-3-9/h2-7H,8H2,1H3,(H,20,21). The van der Waals surface area contributed by atoms with Crippen LogP contribution in [0.4, 0.5) is 4.39 Å². The Morgan fingerprint density at radius 1 is 1.17 bits per heavy atom. The molecule has 120 valence electrons. The molecule has 1 amide bonds. The maximum atomic E-state index is 12.8. The van der Waals surface area contributed by atoms with Crippen LogP contribution >= 0.6 is 23.2 Å². The van der Waals surface area contributed by atoms with E-state index in [9.17, 15) is 14.0 Å². The van der Waals surface area contributed by atoms with E-state index in [0.717, 1.165) is 5.56 Å². The maximum Gasteiger partial charge on any atom is 0.339 e. The fourth-order valence-corrected chi connectivity index (χ4v) is 2.27. The summed E-state index contributed by atoms with van der Waals surface area (Å²) in [6.45, 7) is 0.201. The highest BCUT2D eigenvalue weighted by molar-refractivity contribution is 6.44. The first kappa shape index (κ1) is 17.2. The molecule has 4 nitrogen and oxygen atoms in total. The van der Waals surface area contributed by atoms with Gasteiger partial charge in [-0.3, -0.25) is 4.79 Å². The fourth-order valence-electron chi connectivity index (χ4n) is 1.87. The Hall–Kier alpha value is -2.11. The quantitative estimate of drug-likeness (QED) is 0.847. The summed E-state index contributed by atoms with van der Waals surface area (Å²) >= 11 is 11.9. The summed E-state index contributed by atoms with van der Waals surface area (Å²) in [6.07, 6.45) is 0. The molecule has 0 bridgehead atoms. The molecule has 0 saturated heterocycles. The van der Waals surface area contributed by atoms with Crippen LogP contribution in [0.1, 0.15) is 26.3 Å². The van der Waals surface area contributed by atoms with Crippen molar-refractivity contribution in [3.63, 3.8) is 0 Å². The second kappa shape index (κ2) is 7.44. The molecule has 2 aromatic rings. The third-order valence-electron chi connectivity index (χ3n) is 3.06. The molecule has 0 saturated carbocycles. The third kappa shape index (κ3) is 4.21. The molecular formula is C16H12Cl2FNO3. The molecular weight excluding hydrogens is 344 g/mol. The largest absolute Gasteiger partial charge is 0.465 e. The van der Waals surface area contributed by atoms with E-state index in [1.54, 1.807) is 12.1 Å². The van der Waals surface area contributed by atoms with Gasteiger partial charge in [0.25, 0.3) is 5.91 Å². The third-order valence-corrected chi connectivity index (χ3v) is 3.86. The number of ether oxygens (including phenoxy) is 1. The highest BCUT2D eigenvalue weighted by Gasteiger charge is 2.18. The van der Waals surface area contributed by atoms with Gasteiger partial charge in [-0.15, -0.1) is 0 Å². The number of amides is 1. The predicted octanol–water partition coefficient (Wildman–Crippen LogP) is 3.85. The summed E-state index contributed by atoms with van der Waals surface area (Å²) in [6, 6.07) is 8.39. The van der Waals surface area contributed by atoms with E-state index in [0.29, 0.717) is 0 Å². The zero-order chi connectivity index (χ0) is 17.0. The van der Waals surface area contributed by atoms with Crippen molar-refractivity contribution in [1.29, 1.82) is 0 Å². The summed E-state index contributed by atoms with van der Waals surface area (Å²) in [7, 11) is 1.20. The molecule has 23 heavy (non-hydrogen) atoms. The average Bonchev–Trinajstić information content (AvgIpc) is 2.55. The van der Waals surface area contributed by atoms with E-state index in [1.807, 2.05) is 0 Å². The Labute approximate surface area is 142 Å². The first-order valence-corrected chi connectivity index (χ1v) is 7.28. The van der Waals surface area contributed by atoms with Crippen molar-refractivity contribution in [2.24, 2.45) is 0 Å². The van der Waals surface area contributed by atoms with Crippen molar-refractivity contribution in [2.45, 2.75) is 6.54 Å². The molecule has 0 aliphatic rings. The minimum atomic E-state index is -0.690.